The molecule has 0 bridgehead atoms. The molecule has 0 aliphatic rings. The maximum atomic E-state index is 11.4. The van der Waals surface area contributed by atoms with Crippen LogP contribution in [0.2, 0.25) is 0 Å². The number of aliphatic hydroxyl groups excluding tert-OH is 1. The highest BCUT2D eigenvalue weighted by molar-refractivity contribution is 7.90. The monoisotopic (exact) mass is 280 g/mol. The van der Waals surface area contributed by atoms with Crippen LogP contribution in [0.3, 0.4) is 0 Å². The minimum absolute atomic E-state index is 0.243. The number of aliphatic hydroxyl groups is 1. The Balaban J connectivity index is 2.33. The number of hydrogen-bond donors (Lipinski definition) is 1. The van der Waals surface area contributed by atoms with E-state index >= 15 is 0 Å². The summed E-state index contributed by atoms with van der Waals surface area (Å²) in [6, 6.07) is 7.99. The van der Waals surface area contributed by atoms with E-state index in [0.717, 1.165) is 6.26 Å². The van der Waals surface area contributed by atoms with Gasteiger partial charge in [0.1, 0.15) is 6.10 Å². The number of rotatable bonds is 4. The fourth-order valence-electron chi connectivity index (χ4n) is 1.91. The third-order valence-corrected chi connectivity index (χ3v) is 4.08. The highest BCUT2D eigenvalue weighted by atomic mass is 32.2. The summed E-state index contributed by atoms with van der Waals surface area (Å²) in [6.45, 7) is 2.61. The van der Waals surface area contributed by atoms with E-state index in [1.807, 2.05) is 6.92 Å². The van der Waals surface area contributed by atoms with Crippen molar-refractivity contribution in [2.45, 2.75) is 24.5 Å². The molecule has 6 heteroatoms. The Kier molecular flexibility index (Phi) is 3.73. The van der Waals surface area contributed by atoms with Crippen LogP contribution in [0.25, 0.3) is 0 Å². The van der Waals surface area contributed by atoms with Gasteiger partial charge < -0.3 is 5.11 Å². The molecule has 0 aliphatic heterocycles. The molecule has 1 atom stereocenters. The summed E-state index contributed by atoms with van der Waals surface area (Å²) in [7, 11) is -3.21. The lowest BCUT2D eigenvalue weighted by Crippen LogP contribution is -2.09. The molecule has 19 heavy (non-hydrogen) atoms. The van der Waals surface area contributed by atoms with Gasteiger partial charge in [0.2, 0.25) is 0 Å². The number of nitrogens with zero attached hydrogens (tertiary/aromatic N) is 2. The molecular formula is C13H16N2O3S. The second kappa shape index (κ2) is 5.14. The Hall–Kier alpha value is -1.66. The standard InChI is InChI=1S/C13H16N2O3S/c1-3-15-12(8-9-14-15)13(16)10-4-6-11(7-5-10)19(2,17)18/h4-9,13,16H,3H2,1-2H3. The maximum absolute atomic E-state index is 11.4. The summed E-state index contributed by atoms with van der Waals surface area (Å²) >= 11 is 0. The molecule has 1 unspecified atom stereocenters. The molecule has 2 rings (SSSR count). The molecule has 102 valence electrons. The summed E-state index contributed by atoms with van der Waals surface area (Å²) in [4.78, 5) is 0.243. The molecule has 1 aromatic heterocycles. The van der Waals surface area contributed by atoms with Crippen LogP contribution in [-0.4, -0.2) is 29.6 Å². The highest BCUT2D eigenvalue weighted by Gasteiger charge is 2.15. The Bertz CT molecular complexity index is 659. The minimum atomic E-state index is -3.21. The lowest BCUT2D eigenvalue weighted by Gasteiger charge is -2.13. The molecule has 0 saturated carbocycles. The van der Waals surface area contributed by atoms with E-state index in [9.17, 15) is 13.5 Å². The zero-order valence-electron chi connectivity index (χ0n) is 10.8. The molecule has 0 amide bonds. The number of benzene rings is 1. The average molecular weight is 280 g/mol. The Labute approximate surface area is 112 Å². The van der Waals surface area contributed by atoms with Crippen molar-refractivity contribution >= 4 is 9.84 Å². The van der Waals surface area contributed by atoms with Gasteiger partial charge in [-0.25, -0.2) is 8.42 Å². The fourth-order valence-corrected chi connectivity index (χ4v) is 2.54. The Morgan fingerprint density at radius 3 is 2.42 bits per heavy atom. The van der Waals surface area contributed by atoms with Crippen molar-refractivity contribution in [2.75, 3.05) is 6.26 Å². The van der Waals surface area contributed by atoms with E-state index in [0.29, 0.717) is 17.8 Å². The first-order chi connectivity index (χ1) is 8.93. The molecule has 1 heterocycles. The SMILES string of the molecule is CCn1nccc1C(O)c1ccc(S(C)(=O)=O)cc1. The van der Waals surface area contributed by atoms with Gasteiger partial charge >= 0.3 is 0 Å². The number of aryl methyl sites for hydroxylation is 1. The van der Waals surface area contributed by atoms with Crippen LogP contribution in [0.4, 0.5) is 0 Å². The van der Waals surface area contributed by atoms with E-state index in [1.165, 1.54) is 12.1 Å². The summed E-state index contributed by atoms with van der Waals surface area (Å²) in [5.41, 5.74) is 1.33. The van der Waals surface area contributed by atoms with Crippen molar-refractivity contribution in [3.05, 3.63) is 47.8 Å². The normalized spacial score (nSPS) is 13.4. The first-order valence-electron chi connectivity index (χ1n) is 5.93. The summed E-state index contributed by atoms with van der Waals surface area (Å²) < 4.78 is 24.4. The van der Waals surface area contributed by atoms with Gasteiger partial charge in [0.15, 0.2) is 9.84 Å². The molecule has 1 aromatic carbocycles. The van der Waals surface area contributed by atoms with Crippen LogP contribution in [0.5, 0.6) is 0 Å². The molecule has 0 radical (unpaired) electrons. The van der Waals surface area contributed by atoms with E-state index in [4.69, 9.17) is 0 Å². The van der Waals surface area contributed by atoms with Gasteiger partial charge in [0.05, 0.1) is 10.6 Å². The van der Waals surface area contributed by atoms with Crippen LogP contribution in [0.1, 0.15) is 24.3 Å². The van der Waals surface area contributed by atoms with Gasteiger partial charge in [0.25, 0.3) is 0 Å². The Morgan fingerprint density at radius 2 is 1.89 bits per heavy atom. The number of hydrogen-bond acceptors (Lipinski definition) is 4. The minimum Gasteiger partial charge on any atom is -0.382 e. The first-order valence-corrected chi connectivity index (χ1v) is 7.82. The molecule has 0 fully saturated rings. The second-order valence-corrected chi connectivity index (χ2v) is 6.33. The lowest BCUT2D eigenvalue weighted by atomic mass is 10.1. The van der Waals surface area contributed by atoms with Crippen LogP contribution in [0, 0.1) is 0 Å². The fraction of sp³-hybridized carbons (Fsp3) is 0.308. The van der Waals surface area contributed by atoms with Crippen molar-refractivity contribution in [3.63, 3.8) is 0 Å². The van der Waals surface area contributed by atoms with Gasteiger partial charge in [-0.2, -0.15) is 5.10 Å². The van der Waals surface area contributed by atoms with Crippen LogP contribution < -0.4 is 0 Å². The van der Waals surface area contributed by atoms with Crippen LogP contribution in [0.15, 0.2) is 41.4 Å². The van der Waals surface area contributed by atoms with E-state index in [-0.39, 0.29) is 4.90 Å². The van der Waals surface area contributed by atoms with Crippen LogP contribution in [-0.2, 0) is 16.4 Å². The summed E-state index contributed by atoms with van der Waals surface area (Å²) in [5, 5.41) is 14.4. The van der Waals surface area contributed by atoms with Crippen molar-refractivity contribution in [1.82, 2.24) is 9.78 Å². The van der Waals surface area contributed by atoms with Crippen molar-refractivity contribution in [2.24, 2.45) is 0 Å². The van der Waals surface area contributed by atoms with Crippen molar-refractivity contribution in [3.8, 4) is 0 Å². The summed E-state index contributed by atoms with van der Waals surface area (Å²) in [6.07, 6.45) is 1.98. The van der Waals surface area contributed by atoms with Crippen molar-refractivity contribution in [1.29, 1.82) is 0 Å². The average Bonchev–Trinajstić information content (AvgIpc) is 2.85. The molecule has 0 spiro atoms. The second-order valence-electron chi connectivity index (χ2n) is 4.32. The lowest BCUT2D eigenvalue weighted by molar-refractivity contribution is 0.208. The van der Waals surface area contributed by atoms with E-state index in [1.54, 1.807) is 29.1 Å². The van der Waals surface area contributed by atoms with Gasteiger partial charge in [-0.1, -0.05) is 12.1 Å². The zero-order valence-corrected chi connectivity index (χ0v) is 11.6. The largest absolute Gasteiger partial charge is 0.382 e. The quantitative estimate of drug-likeness (QED) is 0.918. The smallest absolute Gasteiger partial charge is 0.175 e. The molecule has 0 saturated heterocycles. The van der Waals surface area contributed by atoms with Gasteiger partial charge in [0, 0.05) is 19.0 Å². The Morgan fingerprint density at radius 1 is 1.26 bits per heavy atom. The van der Waals surface area contributed by atoms with Gasteiger partial charge in [-0.3, -0.25) is 4.68 Å². The van der Waals surface area contributed by atoms with Crippen LogP contribution >= 0.6 is 0 Å². The molecular weight excluding hydrogens is 264 g/mol. The number of sulfone groups is 1. The predicted octanol–water partition coefficient (Wildman–Crippen LogP) is 1.39. The topological polar surface area (TPSA) is 72.2 Å². The van der Waals surface area contributed by atoms with Gasteiger partial charge in [-0.05, 0) is 30.7 Å². The van der Waals surface area contributed by atoms with Gasteiger partial charge in [-0.15, -0.1) is 0 Å². The van der Waals surface area contributed by atoms with Crippen molar-refractivity contribution < 1.29 is 13.5 Å². The summed E-state index contributed by atoms with van der Waals surface area (Å²) in [5.74, 6) is 0. The maximum Gasteiger partial charge on any atom is 0.175 e. The molecule has 0 aliphatic carbocycles. The first kappa shape index (κ1) is 13.8. The third kappa shape index (κ3) is 2.85. The third-order valence-electron chi connectivity index (χ3n) is 2.95. The number of aromatic nitrogens is 2. The van der Waals surface area contributed by atoms with E-state index < -0.39 is 15.9 Å². The predicted molar refractivity (Wildman–Crippen MR) is 71.5 cm³/mol. The molecule has 5 nitrogen and oxygen atoms in total. The molecule has 2 aromatic rings. The zero-order chi connectivity index (χ0) is 14.0. The highest BCUT2D eigenvalue weighted by Crippen LogP contribution is 2.22. The van der Waals surface area contributed by atoms with E-state index in [2.05, 4.69) is 5.10 Å². The molecule has 1 N–H and O–H groups in total.